The fourth-order valence-corrected chi connectivity index (χ4v) is 4.61. The van der Waals surface area contributed by atoms with Gasteiger partial charge in [0.25, 0.3) is 10.0 Å². The van der Waals surface area contributed by atoms with Crippen molar-refractivity contribution in [3.05, 3.63) is 17.0 Å². The van der Waals surface area contributed by atoms with Crippen LogP contribution in [0, 0.1) is 0 Å². The van der Waals surface area contributed by atoms with E-state index in [1.165, 1.54) is 22.9 Å². The summed E-state index contributed by atoms with van der Waals surface area (Å²) in [6, 6.07) is 1.02. The molecule has 1 rings (SSSR count). The molecule has 0 radical (unpaired) electrons. The van der Waals surface area contributed by atoms with Crippen LogP contribution in [-0.4, -0.2) is 50.1 Å². The Balaban J connectivity index is 3.10. The average molecular weight is 321 g/mol. The van der Waals surface area contributed by atoms with Crippen molar-refractivity contribution in [1.29, 1.82) is 0 Å². The molecule has 0 saturated heterocycles. The molecule has 0 aliphatic carbocycles. The molecule has 0 aliphatic rings. The smallest absolute Gasteiger partial charge is 0.336 e. The standard InChI is InChI=1S/C12H19NO5S2/c1-4-9(2)13(5-6-18-3)20(16,17)11-7-10(8-19-11)12(14)15/h7-9H,4-6H2,1-3H3,(H,14,15). The molecule has 1 aromatic rings. The van der Waals surface area contributed by atoms with Gasteiger partial charge in [0.1, 0.15) is 4.21 Å². The highest BCUT2D eigenvalue weighted by Gasteiger charge is 2.29. The predicted molar refractivity (Wildman–Crippen MR) is 76.8 cm³/mol. The summed E-state index contributed by atoms with van der Waals surface area (Å²) in [5, 5.41) is 10.2. The van der Waals surface area contributed by atoms with Crippen LogP contribution in [0.3, 0.4) is 0 Å². The van der Waals surface area contributed by atoms with E-state index in [0.717, 1.165) is 11.3 Å². The largest absolute Gasteiger partial charge is 0.478 e. The quantitative estimate of drug-likeness (QED) is 0.790. The molecule has 1 N–H and O–H groups in total. The second-order valence-electron chi connectivity index (χ2n) is 4.33. The van der Waals surface area contributed by atoms with E-state index in [9.17, 15) is 13.2 Å². The molecule has 20 heavy (non-hydrogen) atoms. The topological polar surface area (TPSA) is 83.9 Å². The second-order valence-corrected chi connectivity index (χ2v) is 7.35. The van der Waals surface area contributed by atoms with Crippen LogP contribution in [0.1, 0.15) is 30.6 Å². The molecule has 0 aliphatic heterocycles. The summed E-state index contributed by atoms with van der Waals surface area (Å²) in [6.07, 6.45) is 0.667. The number of carbonyl (C=O) groups is 1. The normalized spacial score (nSPS) is 13.6. The van der Waals surface area contributed by atoms with Gasteiger partial charge in [0.15, 0.2) is 0 Å². The van der Waals surface area contributed by atoms with E-state index in [4.69, 9.17) is 9.84 Å². The van der Waals surface area contributed by atoms with Gasteiger partial charge in [0.05, 0.1) is 12.2 Å². The van der Waals surface area contributed by atoms with Crippen molar-refractivity contribution in [2.75, 3.05) is 20.3 Å². The average Bonchev–Trinajstić information content (AvgIpc) is 2.89. The van der Waals surface area contributed by atoms with Crippen molar-refractivity contribution in [2.45, 2.75) is 30.5 Å². The first-order chi connectivity index (χ1) is 9.34. The molecule has 1 atom stereocenters. The van der Waals surface area contributed by atoms with Gasteiger partial charge in [0, 0.05) is 25.1 Å². The summed E-state index contributed by atoms with van der Waals surface area (Å²) in [7, 11) is -2.18. The lowest BCUT2D eigenvalue weighted by Crippen LogP contribution is -2.40. The van der Waals surface area contributed by atoms with E-state index < -0.39 is 16.0 Å². The van der Waals surface area contributed by atoms with E-state index >= 15 is 0 Å². The monoisotopic (exact) mass is 321 g/mol. The van der Waals surface area contributed by atoms with Gasteiger partial charge in [-0.25, -0.2) is 13.2 Å². The van der Waals surface area contributed by atoms with Gasteiger partial charge in [-0.05, 0) is 19.4 Å². The number of sulfonamides is 1. The van der Waals surface area contributed by atoms with Gasteiger partial charge in [-0.2, -0.15) is 4.31 Å². The van der Waals surface area contributed by atoms with Gasteiger partial charge in [-0.3, -0.25) is 0 Å². The Hall–Kier alpha value is -0.960. The maximum absolute atomic E-state index is 12.6. The minimum Gasteiger partial charge on any atom is -0.478 e. The van der Waals surface area contributed by atoms with Gasteiger partial charge < -0.3 is 9.84 Å². The third kappa shape index (κ3) is 3.78. The van der Waals surface area contributed by atoms with Crippen LogP contribution in [0.15, 0.2) is 15.7 Å². The minimum absolute atomic E-state index is 0.00980. The van der Waals surface area contributed by atoms with Crippen molar-refractivity contribution in [1.82, 2.24) is 4.31 Å². The first-order valence-corrected chi connectivity index (χ1v) is 8.49. The zero-order chi connectivity index (χ0) is 15.3. The zero-order valence-electron chi connectivity index (χ0n) is 11.7. The molecule has 0 aromatic carbocycles. The van der Waals surface area contributed by atoms with Gasteiger partial charge in [0.2, 0.25) is 0 Å². The number of thiophene rings is 1. The first-order valence-electron chi connectivity index (χ1n) is 6.17. The number of rotatable bonds is 8. The molecule has 0 fully saturated rings. The highest BCUT2D eigenvalue weighted by atomic mass is 32.2. The Kier molecular flexibility index (Phi) is 6.12. The number of carboxylic acid groups (broad SMARTS) is 1. The number of ether oxygens (including phenoxy) is 1. The van der Waals surface area contributed by atoms with E-state index in [2.05, 4.69) is 0 Å². The van der Waals surface area contributed by atoms with Gasteiger partial charge in [-0.1, -0.05) is 6.92 Å². The Morgan fingerprint density at radius 1 is 1.55 bits per heavy atom. The lowest BCUT2D eigenvalue weighted by atomic mass is 10.3. The molecule has 0 spiro atoms. The molecular formula is C12H19NO5S2. The number of hydrogen-bond acceptors (Lipinski definition) is 5. The molecule has 1 aromatic heterocycles. The molecule has 114 valence electrons. The summed E-state index contributed by atoms with van der Waals surface area (Å²) in [5.41, 5.74) is -0.00980. The number of hydrogen-bond donors (Lipinski definition) is 1. The highest BCUT2D eigenvalue weighted by molar-refractivity contribution is 7.91. The summed E-state index contributed by atoms with van der Waals surface area (Å²) < 4.78 is 31.5. The lowest BCUT2D eigenvalue weighted by molar-refractivity contribution is 0.0697. The lowest BCUT2D eigenvalue weighted by Gasteiger charge is -2.26. The number of aromatic carboxylic acids is 1. The summed E-state index contributed by atoms with van der Waals surface area (Å²) in [4.78, 5) is 10.9. The van der Waals surface area contributed by atoms with Crippen molar-refractivity contribution in [2.24, 2.45) is 0 Å². The summed E-state index contributed by atoms with van der Waals surface area (Å²) >= 11 is 0.923. The minimum atomic E-state index is -3.69. The number of methoxy groups -OCH3 is 1. The van der Waals surface area contributed by atoms with Crippen LogP contribution < -0.4 is 0 Å². The molecule has 1 unspecified atom stereocenters. The SMILES string of the molecule is CCC(C)N(CCOC)S(=O)(=O)c1cc(C(=O)O)cs1. The Morgan fingerprint density at radius 3 is 2.65 bits per heavy atom. The van der Waals surface area contributed by atoms with Crippen molar-refractivity contribution in [3.63, 3.8) is 0 Å². The first kappa shape index (κ1) is 17.1. The van der Waals surface area contributed by atoms with E-state index in [0.29, 0.717) is 13.0 Å². The van der Waals surface area contributed by atoms with E-state index in [-0.39, 0.29) is 22.4 Å². The van der Waals surface area contributed by atoms with Crippen molar-refractivity contribution in [3.8, 4) is 0 Å². The Morgan fingerprint density at radius 2 is 2.20 bits per heavy atom. The molecule has 0 bridgehead atoms. The fraction of sp³-hybridized carbons (Fsp3) is 0.583. The van der Waals surface area contributed by atoms with Crippen LogP contribution >= 0.6 is 11.3 Å². The Bertz CT molecular complexity index is 552. The fourth-order valence-electron chi connectivity index (χ4n) is 1.64. The van der Waals surface area contributed by atoms with Gasteiger partial charge in [-0.15, -0.1) is 11.3 Å². The summed E-state index contributed by atoms with van der Waals surface area (Å²) in [6.45, 7) is 4.25. The summed E-state index contributed by atoms with van der Waals surface area (Å²) in [5.74, 6) is -1.13. The maximum atomic E-state index is 12.6. The highest BCUT2D eigenvalue weighted by Crippen LogP contribution is 2.26. The number of carboxylic acids is 1. The molecule has 0 amide bonds. The van der Waals surface area contributed by atoms with Crippen LogP contribution in [0.5, 0.6) is 0 Å². The maximum Gasteiger partial charge on any atom is 0.336 e. The second kappa shape index (κ2) is 7.16. The third-order valence-electron chi connectivity index (χ3n) is 2.98. The van der Waals surface area contributed by atoms with Crippen LogP contribution in [-0.2, 0) is 14.8 Å². The van der Waals surface area contributed by atoms with Crippen molar-refractivity contribution < 1.29 is 23.1 Å². The third-order valence-corrected chi connectivity index (χ3v) is 6.41. The molecule has 1 heterocycles. The van der Waals surface area contributed by atoms with Crippen LogP contribution in [0.4, 0.5) is 0 Å². The number of nitrogens with zero attached hydrogens (tertiary/aromatic N) is 1. The van der Waals surface area contributed by atoms with Gasteiger partial charge >= 0.3 is 5.97 Å². The van der Waals surface area contributed by atoms with Crippen LogP contribution in [0.2, 0.25) is 0 Å². The van der Waals surface area contributed by atoms with E-state index in [1.54, 1.807) is 0 Å². The molecule has 8 heteroatoms. The Labute approximate surface area is 123 Å². The van der Waals surface area contributed by atoms with E-state index in [1.807, 2.05) is 13.8 Å². The molecular weight excluding hydrogens is 302 g/mol. The van der Waals surface area contributed by atoms with Crippen molar-refractivity contribution >= 4 is 27.3 Å². The van der Waals surface area contributed by atoms with Crippen LogP contribution in [0.25, 0.3) is 0 Å². The molecule has 6 nitrogen and oxygen atoms in total. The molecule has 0 saturated carbocycles. The zero-order valence-corrected chi connectivity index (χ0v) is 13.3. The predicted octanol–water partition coefficient (Wildman–Crippen LogP) is 1.88.